The standard InChI is InChI=1S/C19H21N5O3/c1-3-24(4-2)12-13-9-10-17(27-13)19(26)23-22-18(25)16-11-20-14-7-5-6-8-15(14)21-16/h5-11H,3-4,12H2,1-2H3,(H,22,25)(H,23,26). The SMILES string of the molecule is CCN(CC)Cc1ccc(C(=O)NNC(=O)c2cnc3ccccc3n2)o1. The van der Waals surface area contributed by atoms with Crippen LogP contribution in [0.25, 0.3) is 11.0 Å². The largest absolute Gasteiger partial charge is 0.454 e. The van der Waals surface area contributed by atoms with Gasteiger partial charge in [-0.1, -0.05) is 26.0 Å². The predicted octanol–water partition coefficient (Wildman–Crippen LogP) is 2.14. The molecule has 0 fully saturated rings. The highest BCUT2D eigenvalue weighted by Gasteiger charge is 2.15. The summed E-state index contributed by atoms with van der Waals surface area (Å²) >= 11 is 0. The number of carbonyl (C=O) groups is 2. The van der Waals surface area contributed by atoms with Crippen LogP contribution in [-0.2, 0) is 6.54 Å². The Balaban J connectivity index is 1.59. The maximum Gasteiger partial charge on any atom is 0.305 e. The molecule has 0 spiro atoms. The molecule has 8 nitrogen and oxygen atoms in total. The van der Waals surface area contributed by atoms with E-state index in [4.69, 9.17) is 4.42 Å². The second-order valence-corrected chi connectivity index (χ2v) is 5.88. The van der Waals surface area contributed by atoms with E-state index < -0.39 is 11.8 Å². The molecule has 3 aromatic rings. The Morgan fingerprint density at radius 2 is 1.70 bits per heavy atom. The Hall–Kier alpha value is -3.26. The lowest BCUT2D eigenvalue weighted by Gasteiger charge is -2.15. The number of nitrogens with one attached hydrogen (secondary N) is 2. The van der Waals surface area contributed by atoms with Gasteiger partial charge in [0.05, 0.1) is 23.8 Å². The number of rotatable bonds is 6. The number of para-hydroxylation sites is 2. The second-order valence-electron chi connectivity index (χ2n) is 5.88. The van der Waals surface area contributed by atoms with Crippen molar-refractivity contribution < 1.29 is 14.0 Å². The van der Waals surface area contributed by atoms with Crippen molar-refractivity contribution in [3.05, 3.63) is 59.8 Å². The molecule has 3 rings (SSSR count). The van der Waals surface area contributed by atoms with Crippen molar-refractivity contribution >= 4 is 22.8 Å². The van der Waals surface area contributed by atoms with Gasteiger partial charge < -0.3 is 4.42 Å². The third-order valence-corrected chi connectivity index (χ3v) is 4.13. The fourth-order valence-electron chi connectivity index (χ4n) is 2.56. The molecule has 0 unspecified atom stereocenters. The van der Waals surface area contributed by atoms with Crippen LogP contribution in [0.2, 0.25) is 0 Å². The molecule has 0 radical (unpaired) electrons. The van der Waals surface area contributed by atoms with Crippen LogP contribution in [0, 0.1) is 0 Å². The van der Waals surface area contributed by atoms with Gasteiger partial charge >= 0.3 is 5.91 Å². The molecule has 2 aromatic heterocycles. The van der Waals surface area contributed by atoms with Gasteiger partial charge in [0, 0.05) is 0 Å². The minimum absolute atomic E-state index is 0.107. The lowest BCUT2D eigenvalue weighted by atomic mass is 10.3. The van der Waals surface area contributed by atoms with Crippen LogP contribution in [0.4, 0.5) is 0 Å². The highest BCUT2D eigenvalue weighted by molar-refractivity contribution is 5.97. The molecular formula is C19H21N5O3. The summed E-state index contributed by atoms with van der Waals surface area (Å²) in [6, 6.07) is 10.6. The summed E-state index contributed by atoms with van der Waals surface area (Å²) < 4.78 is 5.54. The molecule has 1 aromatic carbocycles. The van der Waals surface area contributed by atoms with Crippen LogP contribution in [-0.4, -0.2) is 39.8 Å². The van der Waals surface area contributed by atoms with E-state index in [1.165, 1.54) is 6.20 Å². The number of hydrogen-bond acceptors (Lipinski definition) is 6. The van der Waals surface area contributed by atoms with E-state index in [0.717, 1.165) is 13.1 Å². The third kappa shape index (κ3) is 4.48. The van der Waals surface area contributed by atoms with Gasteiger partial charge in [-0.25, -0.2) is 4.98 Å². The molecule has 27 heavy (non-hydrogen) atoms. The Labute approximate surface area is 156 Å². The van der Waals surface area contributed by atoms with Gasteiger partial charge in [-0.2, -0.15) is 0 Å². The number of hydrazine groups is 1. The smallest absolute Gasteiger partial charge is 0.305 e. The van der Waals surface area contributed by atoms with Crippen molar-refractivity contribution in [1.82, 2.24) is 25.7 Å². The Morgan fingerprint density at radius 1 is 1.00 bits per heavy atom. The molecule has 0 atom stereocenters. The van der Waals surface area contributed by atoms with E-state index in [9.17, 15) is 9.59 Å². The number of hydrogen-bond donors (Lipinski definition) is 2. The van der Waals surface area contributed by atoms with Gasteiger partial charge in [0.1, 0.15) is 11.5 Å². The van der Waals surface area contributed by atoms with Crippen LogP contribution in [0.15, 0.2) is 47.0 Å². The van der Waals surface area contributed by atoms with E-state index in [-0.39, 0.29) is 11.5 Å². The van der Waals surface area contributed by atoms with E-state index >= 15 is 0 Å². The molecule has 2 N–H and O–H groups in total. The second kappa shape index (κ2) is 8.41. The van der Waals surface area contributed by atoms with Gasteiger partial charge in [-0.05, 0) is 37.4 Å². The average Bonchev–Trinajstić information content (AvgIpc) is 3.18. The lowest BCUT2D eigenvalue weighted by Crippen LogP contribution is -2.41. The lowest BCUT2D eigenvalue weighted by molar-refractivity contribution is 0.0826. The fraction of sp³-hybridized carbons (Fsp3) is 0.263. The van der Waals surface area contributed by atoms with Crippen LogP contribution >= 0.6 is 0 Å². The monoisotopic (exact) mass is 367 g/mol. The van der Waals surface area contributed by atoms with E-state index in [1.807, 2.05) is 12.1 Å². The predicted molar refractivity (Wildman–Crippen MR) is 99.8 cm³/mol. The summed E-state index contributed by atoms with van der Waals surface area (Å²) in [5.74, 6) is -0.281. The fourth-order valence-corrected chi connectivity index (χ4v) is 2.56. The number of furan rings is 1. The van der Waals surface area contributed by atoms with Gasteiger partial charge in [-0.3, -0.25) is 30.3 Å². The molecular weight excluding hydrogens is 346 g/mol. The molecule has 140 valence electrons. The summed E-state index contributed by atoms with van der Waals surface area (Å²) in [5, 5.41) is 0. The zero-order chi connectivity index (χ0) is 19.2. The third-order valence-electron chi connectivity index (χ3n) is 4.13. The molecule has 2 heterocycles. The van der Waals surface area contributed by atoms with Gasteiger partial charge in [0.2, 0.25) is 0 Å². The van der Waals surface area contributed by atoms with Crippen molar-refractivity contribution in [3.8, 4) is 0 Å². The molecule has 0 aliphatic carbocycles. The van der Waals surface area contributed by atoms with Crippen molar-refractivity contribution in [2.75, 3.05) is 13.1 Å². The number of carbonyl (C=O) groups excluding carboxylic acids is 2. The zero-order valence-electron chi connectivity index (χ0n) is 15.2. The van der Waals surface area contributed by atoms with Crippen LogP contribution in [0.3, 0.4) is 0 Å². The quantitative estimate of drug-likeness (QED) is 0.648. The first-order valence-corrected chi connectivity index (χ1v) is 8.74. The summed E-state index contributed by atoms with van der Waals surface area (Å²) in [4.78, 5) is 34.9. The number of aromatic nitrogens is 2. The summed E-state index contributed by atoms with van der Waals surface area (Å²) in [7, 11) is 0. The van der Waals surface area contributed by atoms with Crippen LogP contribution in [0.1, 0.15) is 40.7 Å². The number of nitrogens with zero attached hydrogens (tertiary/aromatic N) is 3. The minimum Gasteiger partial charge on any atom is -0.454 e. The first-order chi connectivity index (χ1) is 13.1. The van der Waals surface area contributed by atoms with Crippen molar-refractivity contribution in [2.45, 2.75) is 20.4 Å². The summed E-state index contributed by atoms with van der Waals surface area (Å²) in [6.45, 7) is 6.53. The molecule has 0 saturated carbocycles. The highest BCUT2D eigenvalue weighted by Crippen LogP contribution is 2.11. The van der Waals surface area contributed by atoms with E-state index in [2.05, 4.69) is 39.6 Å². The molecule has 8 heteroatoms. The number of fused-ring (bicyclic) bond motifs is 1. The summed E-state index contributed by atoms with van der Waals surface area (Å²) in [5.41, 5.74) is 6.05. The topological polar surface area (TPSA) is 100 Å². The zero-order valence-corrected chi connectivity index (χ0v) is 15.2. The van der Waals surface area contributed by atoms with E-state index in [1.54, 1.807) is 24.3 Å². The summed E-state index contributed by atoms with van der Waals surface area (Å²) in [6.07, 6.45) is 1.36. The Morgan fingerprint density at radius 3 is 2.44 bits per heavy atom. The van der Waals surface area contributed by atoms with Crippen LogP contribution in [0.5, 0.6) is 0 Å². The van der Waals surface area contributed by atoms with Crippen LogP contribution < -0.4 is 10.9 Å². The Kier molecular flexibility index (Phi) is 5.77. The number of benzene rings is 1. The first kappa shape index (κ1) is 18.5. The van der Waals surface area contributed by atoms with E-state index in [0.29, 0.717) is 23.3 Å². The maximum atomic E-state index is 12.2. The Bertz CT molecular complexity index is 949. The average molecular weight is 367 g/mol. The van der Waals surface area contributed by atoms with Gasteiger partial charge in [-0.15, -0.1) is 0 Å². The van der Waals surface area contributed by atoms with Crippen molar-refractivity contribution in [1.29, 1.82) is 0 Å². The highest BCUT2D eigenvalue weighted by atomic mass is 16.4. The van der Waals surface area contributed by atoms with Gasteiger partial charge in [0.15, 0.2) is 5.76 Å². The molecule has 0 aliphatic rings. The van der Waals surface area contributed by atoms with Crippen molar-refractivity contribution in [2.24, 2.45) is 0 Å². The minimum atomic E-state index is -0.559. The molecule has 0 aliphatic heterocycles. The molecule has 0 bridgehead atoms. The number of amides is 2. The van der Waals surface area contributed by atoms with Crippen molar-refractivity contribution in [3.63, 3.8) is 0 Å². The maximum absolute atomic E-state index is 12.2. The molecule has 2 amide bonds. The molecule has 0 saturated heterocycles. The first-order valence-electron chi connectivity index (χ1n) is 8.74. The normalized spacial score (nSPS) is 10.9. The van der Waals surface area contributed by atoms with Gasteiger partial charge in [0.25, 0.3) is 5.91 Å².